The number of halogens is 1. The lowest BCUT2D eigenvalue weighted by Crippen LogP contribution is -2.25. The van der Waals surface area contributed by atoms with Crippen molar-refractivity contribution in [2.75, 3.05) is 12.3 Å². The lowest BCUT2D eigenvalue weighted by atomic mass is 10.1. The Balaban J connectivity index is 2.60. The van der Waals surface area contributed by atoms with E-state index in [1.165, 1.54) is 0 Å². The van der Waals surface area contributed by atoms with E-state index < -0.39 is 0 Å². The summed E-state index contributed by atoms with van der Waals surface area (Å²) in [7, 11) is 0. The highest BCUT2D eigenvalue weighted by Crippen LogP contribution is 2.22. The molecular formula is C14H17BrN2O. The van der Waals surface area contributed by atoms with E-state index in [4.69, 9.17) is 12.2 Å². The second kappa shape index (κ2) is 7.07. The summed E-state index contributed by atoms with van der Waals surface area (Å²) in [6.07, 6.45) is 7.72. The molecule has 0 saturated carbocycles. The van der Waals surface area contributed by atoms with Gasteiger partial charge in [-0.15, -0.1) is 12.3 Å². The fraction of sp³-hybridized carbons (Fsp3) is 0.357. The first-order valence-corrected chi connectivity index (χ1v) is 6.63. The standard InChI is InChI=1S/C14H17BrN2O/c1-3-4-5-6-7-17-14(18)12-8-11(15)9-13(16)10(12)2/h1,8-9H,4-7,16H2,2H3,(H,17,18). The van der Waals surface area contributed by atoms with Gasteiger partial charge in [0, 0.05) is 28.7 Å². The van der Waals surface area contributed by atoms with Crippen molar-refractivity contribution in [3.63, 3.8) is 0 Å². The zero-order valence-corrected chi connectivity index (χ0v) is 12.0. The van der Waals surface area contributed by atoms with Crippen molar-refractivity contribution in [2.24, 2.45) is 0 Å². The van der Waals surface area contributed by atoms with Gasteiger partial charge in [-0.25, -0.2) is 0 Å². The Hall–Kier alpha value is -1.47. The van der Waals surface area contributed by atoms with E-state index in [1.54, 1.807) is 12.1 Å². The lowest BCUT2D eigenvalue weighted by molar-refractivity contribution is 0.0952. The molecule has 1 aromatic carbocycles. The Kier molecular flexibility index (Phi) is 5.73. The molecule has 0 aromatic heterocycles. The van der Waals surface area contributed by atoms with E-state index in [1.807, 2.05) is 6.92 Å². The van der Waals surface area contributed by atoms with Crippen LogP contribution in [0.5, 0.6) is 0 Å². The highest BCUT2D eigenvalue weighted by molar-refractivity contribution is 9.10. The van der Waals surface area contributed by atoms with Crippen molar-refractivity contribution in [3.8, 4) is 12.3 Å². The van der Waals surface area contributed by atoms with Gasteiger partial charge in [0.05, 0.1) is 0 Å². The van der Waals surface area contributed by atoms with Crippen LogP contribution in [0.3, 0.4) is 0 Å². The molecule has 0 spiro atoms. The van der Waals surface area contributed by atoms with Crippen molar-refractivity contribution >= 4 is 27.5 Å². The van der Waals surface area contributed by atoms with Gasteiger partial charge in [0.25, 0.3) is 5.91 Å². The number of carbonyl (C=O) groups excluding carboxylic acids is 1. The van der Waals surface area contributed by atoms with E-state index in [9.17, 15) is 4.79 Å². The number of benzene rings is 1. The Morgan fingerprint density at radius 2 is 2.22 bits per heavy atom. The smallest absolute Gasteiger partial charge is 0.251 e. The summed E-state index contributed by atoms with van der Waals surface area (Å²) in [6, 6.07) is 3.57. The van der Waals surface area contributed by atoms with Crippen LogP contribution in [0.2, 0.25) is 0 Å². The molecule has 96 valence electrons. The van der Waals surface area contributed by atoms with Crippen molar-refractivity contribution < 1.29 is 4.79 Å². The van der Waals surface area contributed by atoms with Crippen LogP contribution in [-0.2, 0) is 0 Å². The van der Waals surface area contributed by atoms with Gasteiger partial charge in [-0.2, -0.15) is 0 Å². The van der Waals surface area contributed by atoms with Crippen LogP contribution >= 0.6 is 15.9 Å². The van der Waals surface area contributed by atoms with Gasteiger partial charge in [-0.1, -0.05) is 15.9 Å². The molecule has 0 fully saturated rings. The summed E-state index contributed by atoms with van der Waals surface area (Å²) >= 11 is 3.34. The monoisotopic (exact) mass is 308 g/mol. The Morgan fingerprint density at radius 3 is 2.89 bits per heavy atom. The SMILES string of the molecule is C#CCCCCNC(=O)c1cc(Br)cc(N)c1C. The number of unbranched alkanes of at least 4 members (excludes halogenated alkanes) is 2. The van der Waals surface area contributed by atoms with Crippen molar-refractivity contribution in [1.29, 1.82) is 0 Å². The predicted octanol–water partition coefficient (Wildman–Crippen LogP) is 2.87. The molecule has 0 aliphatic carbocycles. The molecule has 3 N–H and O–H groups in total. The number of nitrogen functional groups attached to an aromatic ring is 1. The van der Waals surface area contributed by atoms with Crippen LogP contribution in [-0.4, -0.2) is 12.5 Å². The summed E-state index contributed by atoms with van der Waals surface area (Å²) in [5, 5.41) is 2.87. The van der Waals surface area contributed by atoms with Gasteiger partial charge < -0.3 is 11.1 Å². The third-order valence-electron chi connectivity index (χ3n) is 2.69. The number of anilines is 1. The molecule has 1 rings (SSSR count). The van der Waals surface area contributed by atoms with E-state index >= 15 is 0 Å². The number of carbonyl (C=O) groups is 1. The van der Waals surface area contributed by atoms with Crippen molar-refractivity contribution in [2.45, 2.75) is 26.2 Å². The molecule has 1 amide bonds. The minimum absolute atomic E-state index is 0.0961. The molecule has 0 aliphatic rings. The van der Waals surface area contributed by atoms with E-state index in [-0.39, 0.29) is 5.91 Å². The number of amides is 1. The van der Waals surface area contributed by atoms with E-state index in [2.05, 4.69) is 27.2 Å². The summed E-state index contributed by atoms with van der Waals surface area (Å²) in [5.74, 6) is 2.48. The van der Waals surface area contributed by atoms with Gasteiger partial charge >= 0.3 is 0 Å². The second-order valence-corrected chi connectivity index (χ2v) is 5.00. The predicted molar refractivity (Wildman–Crippen MR) is 78.3 cm³/mol. The number of hydrogen-bond acceptors (Lipinski definition) is 2. The average Bonchev–Trinajstić information content (AvgIpc) is 2.33. The second-order valence-electron chi connectivity index (χ2n) is 4.08. The Morgan fingerprint density at radius 1 is 1.50 bits per heavy atom. The average molecular weight is 309 g/mol. The van der Waals surface area contributed by atoms with Gasteiger partial charge in [0.2, 0.25) is 0 Å². The maximum Gasteiger partial charge on any atom is 0.251 e. The number of nitrogens with one attached hydrogen (secondary N) is 1. The summed E-state index contributed by atoms with van der Waals surface area (Å²) in [5.41, 5.74) is 7.85. The topological polar surface area (TPSA) is 55.1 Å². The van der Waals surface area contributed by atoms with Crippen LogP contribution in [0, 0.1) is 19.3 Å². The molecule has 0 radical (unpaired) electrons. The molecule has 0 atom stereocenters. The zero-order chi connectivity index (χ0) is 13.5. The minimum Gasteiger partial charge on any atom is -0.398 e. The first-order valence-electron chi connectivity index (χ1n) is 5.83. The van der Waals surface area contributed by atoms with Gasteiger partial charge in [0.15, 0.2) is 0 Å². The van der Waals surface area contributed by atoms with E-state index in [0.717, 1.165) is 29.3 Å². The third kappa shape index (κ3) is 4.08. The summed E-state index contributed by atoms with van der Waals surface area (Å²) < 4.78 is 0.808. The summed E-state index contributed by atoms with van der Waals surface area (Å²) in [6.45, 7) is 2.47. The first kappa shape index (κ1) is 14.6. The molecule has 1 aromatic rings. The van der Waals surface area contributed by atoms with Crippen LogP contribution in [0.1, 0.15) is 35.2 Å². The van der Waals surface area contributed by atoms with Crippen molar-refractivity contribution in [3.05, 3.63) is 27.7 Å². The fourth-order valence-electron chi connectivity index (χ4n) is 1.59. The molecule has 0 heterocycles. The number of terminal acetylenes is 1. The van der Waals surface area contributed by atoms with E-state index in [0.29, 0.717) is 17.8 Å². The zero-order valence-electron chi connectivity index (χ0n) is 10.4. The minimum atomic E-state index is -0.0961. The van der Waals surface area contributed by atoms with Crippen LogP contribution < -0.4 is 11.1 Å². The molecule has 4 heteroatoms. The van der Waals surface area contributed by atoms with Gasteiger partial charge in [-0.05, 0) is 37.5 Å². The Bertz CT molecular complexity index is 477. The van der Waals surface area contributed by atoms with Crippen LogP contribution in [0.15, 0.2) is 16.6 Å². The maximum atomic E-state index is 12.0. The fourth-order valence-corrected chi connectivity index (χ4v) is 2.06. The normalized spacial score (nSPS) is 9.83. The third-order valence-corrected chi connectivity index (χ3v) is 3.15. The maximum absolute atomic E-state index is 12.0. The molecule has 0 aliphatic heterocycles. The Labute approximate surface area is 116 Å². The van der Waals surface area contributed by atoms with Gasteiger partial charge in [-0.3, -0.25) is 4.79 Å². The number of nitrogens with two attached hydrogens (primary N) is 1. The number of hydrogen-bond donors (Lipinski definition) is 2. The van der Waals surface area contributed by atoms with Crippen LogP contribution in [0.4, 0.5) is 5.69 Å². The number of rotatable bonds is 5. The van der Waals surface area contributed by atoms with Gasteiger partial charge in [0.1, 0.15) is 0 Å². The lowest BCUT2D eigenvalue weighted by Gasteiger charge is -2.10. The van der Waals surface area contributed by atoms with Crippen LogP contribution in [0.25, 0.3) is 0 Å². The largest absolute Gasteiger partial charge is 0.398 e. The molecule has 3 nitrogen and oxygen atoms in total. The first-order chi connectivity index (χ1) is 8.56. The molecule has 0 saturated heterocycles. The molecular weight excluding hydrogens is 292 g/mol. The highest BCUT2D eigenvalue weighted by Gasteiger charge is 2.11. The highest BCUT2D eigenvalue weighted by atomic mass is 79.9. The molecule has 0 unspecified atom stereocenters. The quantitative estimate of drug-likeness (QED) is 0.499. The molecule has 18 heavy (non-hydrogen) atoms. The molecule has 0 bridgehead atoms. The van der Waals surface area contributed by atoms with Crippen molar-refractivity contribution in [1.82, 2.24) is 5.32 Å². The summed E-state index contributed by atoms with van der Waals surface area (Å²) in [4.78, 5) is 12.0.